The number of methoxy groups -OCH3 is 2. The van der Waals surface area contributed by atoms with Gasteiger partial charge in [0, 0.05) is 35.8 Å². The molecular formula is C26H21NO7S. The largest absolute Gasteiger partial charge is 0.497 e. The molecule has 5 rings (SSSR count). The summed E-state index contributed by atoms with van der Waals surface area (Å²) >= 11 is 0. The number of carbonyl (C=O) groups is 1. The van der Waals surface area contributed by atoms with Gasteiger partial charge in [0.25, 0.3) is 0 Å². The Morgan fingerprint density at radius 3 is 2.29 bits per heavy atom. The van der Waals surface area contributed by atoms with Crippen LogP contribution < -0.4 is 18.4 Å². The maximum Gasteiger partial charge on any atom is 0.339 e. The topological polar surface area (TPSA) is 93.1 Å². The minimum absolute atomic E-state index is 0.0252. The van der Waals surface area contributed by atoms with Crippen molar-refractivity contribution in [2.45, 2.75) is 4.90 Å². The number of aromatic nitrogens is 1. The molecule has 1 aliphatic rings. The Morgan fingerprint density at radius 1 is 0.886 bits per heavy atom. The van der Waals surface area contributed by atoms with Gasteiger partial charge in [-0.05, 0) is 60.7 Å². The maximum absolute atomic E-state index is 12.9. The van der Waals surface area contributed by atoms with Gasteiger partial charge in [0.1, 0.15) is 27.9 Å². The molecule has 0 unspecified atom stereocenters. The van der Waals surface area contributed by atoms with Crippen LogP contribution in [0.25, 0.3) is 17.0 Å². The van der Waals surface area contributed by atoms with Crippen LogP contribution in [0, 0.1) is 0 Å². The molecule has 3 aromatic carbocycles. The highest BCUT2D eigenvalue weighted by atomic mass is 32.2. The van der Waals surface area contributed by atoms with E-state index < -0.39 is 10.1 Å². The van der Waals surface area contributed by atoms with Crippen LogP contribution in [-0.4, -0.2) is 33.0 Å². The lowest BCUT2D eigenvalue weighted by molar-refractivity contribution is 0.101. The van der Waals surface area contributed by atoms with Gasteiger partial charge in [-0.25, -0.2) is 0 Å². The van der Waals surface area contributed by atoms with E-state index in [1.165, 1.54) is 49.6 Å². The van der Waals surface area contributed by atoms with E-state index in [0.29, 0.717) is 17.1 Å². The third kappa shape index (κ3) is 4.10. The molecule has 1 aliphatic heterocycles. The van der Waals surface area contributed by atoms with E-state index in [1.807, 2.05) is 36.0 Å². The van der Waals surface area contributed by atoms with Gasteiger partial charge < -0.3 is 23.0 Å². The summed E-state index contributed by atoms with van der Waals surface area (Å²) in [5.41, 5.74) is 2.08. The Bertz CT molecular complexity index is 1600. The highest BCUT2D eigenvalue weighted by Crippen LogP contribution is 2.37. The number of benzene rings is 3. The molecule has 0 fully saturated rings. The van der Waals surface area contributed by atoms with Crippen LogP contribution in [0.15, 0.2) is 77.5 Å². The molecule has 8 nitrogen and oxygen atoms in total. The molecule has 9 heteroatoms. The highest BCUT2D eigenvalue weighted by molar-refractivity contribution is 7.87. The maximum atomic E-state index is 12.9. The molecule has 0 amide bonds. The number of allylic oxidation sites excluding steroid dienone is 1. The Labute approximate surface area is 202 Å². The first-order chi connectivity index (χ1) is 16.8. The van der Waals surface area contributed by atoms with Gasteiger partial charge in [0.15, 0.2) is 5.76 Å². The van der Waals surface area contributed by atoms with Crippen LogP contribution >= 0.6 is 0 Å². The van der Waals surface area contributed by atoms with E-state index in [4.69, 9.17) is 18.4 Å². The van der Waals surface area contributed by atoms with Gasteiger partial charge in [-0.2, -0.15) is 8.42 Å². The molecule has 35 heavy (non-hydrogen) atoms. The highest BCUT2D eigenvalue weighted by Gasteiger charge is 2.29. The summed E-state index contributed by atoms with van der Waals surface area (Å²) in [6, 6.07) is 15.8. The van der Waals surface area contributed by atoms with Crippen molar-refractivity contribution in [2.75, 3.05) is 14.2 Å². The Balaban J connectivity index is 1.43. The van der Waals surface area contributed by atoms with E-state index in [-0.39, 0.29) is 27.9 Å². The van der Waals surface area contributed by atoms with E-state index in [1.54, 1.807) is 13.2 Å². The second kappa shape index (κ2) is 8.52. The number of hydrogen-bond donors (Lipinski definition) is 0. The summed E-state index contributed by atoms with van der Waals surface area (Å²) in [4.78, 5) is 12.9. The zero-order chi connectivity index (χ0) is 24.7. The van der Waals surface area contributed by atoms with Gasteiger partial charge in [-0.15, -0.1) is 0 Å². The molecular weight excluding hydrogens is 470 g/mol. The van der Waals surface area contributed by atoms with Gasteiger partial charge in [-0.1, -0.05) is 0 Å². The van der Waals surface area contributed by atoms with E-state index in [2.05, 4.69) is 0 Å². The SMILES string of the molecule is COc1ccc(S(=O)(=O)Oc2ccc3c(c2)OC(=Cc2cn(C)c4ccc(OC)cc24)C3=O)cc1. The lowest BCUT2D eigenvalue weighted by atomic mass is 10.1. The van der Waals surface area contributed by atoms with Crippen molar-refractivity contribution in [2.24, 2.45) is 7.05 Å². The van der Waals surface area contributed by atoms with Crippen molar-refractivity contribution >= 4 is 32.9 Å². The Hall–Kier alpha value is -4.24. The van der Waals surface area contributed by atoms with Crippen molar-refractivity contribution in [3.05, 3.63) is 83.7 Å². The summed E-state index contributed by atoms with van der Waals surface area (Å²) in [5.74, 6) is 1.31. The average Bonchev–Trinajstić information content (AvgIpc) is 3.34. The molecule has 0 spiro atoms. The van der Waals surface area contributed by atoms with Crippen LogP contribution in [0.3, 0.4) is 0 Å². The molecule has 0 radical (unpaired) electrons. The number of fused-ring (bicyclic) bond motifs is 2. The van der Waals surface area contributed by atoms with Gasteiger partial charge in [0.2, 0.25) is 5.78 Å². The normalized spacial score (nSPS) is 14.1. The summed E-state index contributed by atoms with van der Waals surface area (Å²) in [7, 11) is 0.914. The van der Waals surface area contributed by atoms with Crippen molar-refractivity contribution < 1.29 is 31.6 Å². The zero-order valence-corrected chi connectivity index (χ0v) is 20.0. The van der Waals surface area contributed by atoms with Crippen molar-refractivity contribution in [3.8, 4) is 23.0 Å². The molecule has 0 aliphatic carbocycles. The number of nitrogens with zero attached hydrogens (tertiary/aromatic N) is 1. The lowest BCUT2D eigenvalue weighted by Gasteiger charge is -2.08. The monoisotopic (exact) mass is 491 g/mol. The first-order valence-electron chi connectivity index (χ1n) is 10.6. The lowest BCUT2D eigenvalue weighted by Crippen LogP contribution is -2.09. The summed E-state index contributed by atoms with van der Waals surface area (Å²) < 4.78 is 48.7. The smallest absolute Gasteiger partial charge is 0.339 e. The molecule has 1 aromatic heterocycles. The van der Waals surface area contributed by atoms with Crippen LogP contribution in [0.2, 0.25) is 0 Å². The van der Waals surface area contributed by atoms with E-state index >= 15 is 0 Å². The number of rotatable bonds is 6. The van der Waals surface area contributed by atoms with Gasteiger partial charge >= 0.3 is 10.1 Å². The number of ether oxygens (including phenoxy) is 3. The number of Topliss-reactive ketones (excluding diaryl/α,β-unsaturated/α-hetero) is 1. The first-order valence-corrected chi connectivity index (χ1v) is 12.0. The predicted octanol–water partition coefficient (Wildman–Crippen LogP) is 4.58. The quantitative estimate of drug-likeness (QED) is 0.288. The standard InChI is InChI=1S/C26H21NO7S/c1-27-15-16(22-13-18(32-3)7-11-23(22)27)12-25-26(28)21-10-6-19(14-24(21)33-25)34-35(29,30)20-8-4-17(31-2)5-9-20/h4-15H,1-3H3. The third-order valence-electron chi connectivity index (χ3n) is 5.71. The molecule has 0 N–H and O–H groups in total. The molecule has 0 saturated carbocycles. The molecule has 0 saturated heterocycles. The van der Waals surface area contributed by atoms with Crippen molar-refractivity contribution in [1.29, 1.82) is 0 Å². The number of ketones is 1. The summed E-state index contributed by atoms with van der Waals surface area (Å²) in [5, 5.41) is 0.904. The molecule has 4 aromatic rings. The zero-order valence-electron chi connectivity index (χ0n) is 19.1. The van der Waals surface area contributed by atoms with E-state index in [9.17, 15) is 13.2 Å². The third-order valence-corrected chi connectivity index (χ3v) is 6.97. The number of carbonyl (C=O) groups excluding carboxylic acids is 1. The predicted molar refractivity (Wildman–Crippen MR) is 130 cm³/mol. The van der Waals surface area contributed by atoms with Crippen LogP contribution in [0.4, 0.5) is 0 Å². The van der Waals surface area contributed by atoms with Crippen LogP contribution in [0.5, 0.6) is 23.0 Å². The minimum Gasteiger partial charge on any atom is -0.497 e. The number of hydrogen-bond acceptors (Lipinski definition) is 7. The van der Waals surface area contributed by atoms with Gasteiger partial charge in [0.05, 0.1) is 19.8 Å². The molecule has 178 valence electrons. The minimum atomic E-state index is -4.08. The fourth-order valence-electron chi connectivity index (χ4n) is 3.92. The van der Waals surface area contributed by atoms with Crippen LogP contribution in [-0.2, 0) is 17.2 Å². The molecule has 0 atom stereocenters. The average molecular weight is 492 g/mol. The first kappa shape index (κ1) is 22.5. The van der Waals surface area contributed by atoms with Crippen molar-refractivity contribution in [3.63, 3.8) is 0 Å². The second-order valence-electron chi connectivity index (χ2n) is 7.89. The van der Waals surface area contributed by atoms with Crippen LogP contribution in [0.1, 0.15) is 15.9 Å². The van der Waals surface area contributed by atoms with Gasteiger partial charge in [-0.3, -0.25) is 4.79 Å². The Morgan fingerprint density at radius 2 is 1.57 bits per heavy atom. The summed E-state index contributed by atoms with van der Waals surface area (Å²) in [6.45, 7) is 0. The fraction of sp³-hybridized carbons (Fsp3) is 0.115. The Kier molecular flexibility index (Phi) is 5.49. The number of aryl methyl sites for hydroxylation is 1. The second-order valence-corrected chi connectivity index (χ2v) is 9.44. The van der Waals surface area contributed by atoms with Crippen molar-refractivity contribution in [1.82, 2.24) is 4.57 Å². The fourth-order valence-corrected chi connectivity index (χ4v) is 4.84. The summed E-state index contributed by atoms with van der Waals surface area (Å²) in [6.07, 6.45) is 3.56. The molecule has 0 bridgehead atoms. The van der Waals surface area contributed by atoms with E-state index in [0.717, 1.165) is 16.5 Å². The molecule has 2 heterocycles.